The van der Waals surface area contributed by atoms with Gasteiger partial charge in [-0.05, 0) is 33.6 Å². The molecular formula is C21H27ClN4O5. The van der Waals surface area contributed by atoms with Gasteiger partial charge < -0.3 is 20.5 Å². The van der Waals surface area contributed by atoms with Gasteiger partial charge in [0, 0.05) is 18.7 Å². The van der Waals surface area contributed by atoms with Crippen LogP contribution in [0.25, 0.3) is 11.3 Å². The number of aromatic nitrogens is 2. The van der Waals surface area contributed by atoms with E-state index in [-0.39, 0.29) is 16.7 Å². The molecule has 0 aliphatic rings. The third-order valence-corrected chi connectivity index (χ3v) is 4.29. The average Bonchev–Trinajstić information content (AvgIpc) is 2.67. The van der Waals surface area contributed by atoms with Crippen LogP contribution < -0.4 is 16.2 Å². The van der Waals surface area contributed by atoms with Gasteiger partial charge in [-0.15, -0.1) is 0 Å². The fourth-order valence-electron chi connectivity index (χ4n) is 2.77. The molecule has 1 amide bonds. The van der Waals surface area contributed by atoms with Crippen molar-refractivity contribution in [2.75, 3.05) is 18.4 Å². The fourth-order valence-corrected chi connectivity index (χ4v) is 3.07. The number of anilines is 1. The number of hydrogen-bond donors (Lipinski definition) is 3. The topological polar surface area (TPSA) is 123 Å². The molecule has 2 aromatic rings. The molecule has 1 heterocycles. The number of nitrogens with one attached hydrogen (secondary N) is 2. The van der Waals surface area contributed by atoms with Crippen LogP contribution in [-0.2, 0) is 16.1 Å². The van der Waals surface area contributed by atoms with Crippen molar-refractivity contribution in [1.29, 1.82) is 0 Å². The lowest BCUT2D eigenvalue weighted by atomic mass is 10.1. The first-order valence-electron chi connectivity index (χ1n) is 9.87. The Bertz CT molecular complexity index is 970. The van der Waals surface area contributed by atoms with Crippen LogP contribution in [0.3, 0.4) is 0 Å². The molecule has 1 aromatic carbocycles. The van der Waals surface area contributed by atoms with E-state index in [9.17, 15) is 19.5 Å². The van der Waals surface area contributed by atoms with Gasteiger partial charge in [-0.25, -0.2) is 9.78 Å². The predicted molar refractivity (Wildman–Crippen MR) is 119 cm³/mol. The fraction of sp³-hybridized carbons (Fsp3) is 0.429. The van der Waals surface area contributed by atoms with Crippen molar-refractivity contribution in [1.82, 2.24) is 14.9 Å². The molecule has 0 atom stereocenters. The first-order chi connectivity index (χ1) is 14.6. The van der Waals surface area contributed by atoms with E-state index in [1.807, 2.05) is 0 Å². The summed E-state index contributed by atoms with van der Waals surface area (Å²) < 4.78 is 6.25. The van der Waals surface area contributed by atoms with Gasteiger partial charge in [-0.2, -0.15) is 0 Å². The molecule has 0 fully saturated rings. The smallest absolute Gasteiger partial charge is 0.407 e. The number of rotatable bonds is 9. The molecule has 0 unspecified atom stereocenters. The summed E-state index contributed by atoms with van der Waals surface area (Å²) in [5, 5.41) is 14.8. The van der Waals surface area contributed by atoms with E-state index in [2.05, 4.69) is 15.6 Å². The van der Waals surface area contributed by atoms with E-state index in [1.54, 1.807) is 51.1 Å². The van der Waals surface area contributed by atoms with E-state index in [0.29, 0.717) is 31.5 Å². The quantitative estimate of drug-likeness (QED) is 0.500. The van der Waals surface area contributed by atoms with Crippen LogP contribution in [0.5, 0.6) is 0 Å². The Morgan fingerprint density at radius 2 is 1.81 bits per heavy atom. The minimum Gasteiger partial charge on any atom is -0.480 e. The first-order valence-corrected chi connectivity index (χ1v) is 10.2. The number of amides is 1. The second kappa shape index (κ2) is 10.8. The number of carbonyl (C=O) groups is 2. The van der Waals surface area contributed by atoms with E-state index < -0.39 is 29.8 Å². The van der Waals surface area contributed by atoms with Gasteiger partial charge in [0.15, 0.2) is 11.0 Å². The number of nitrogens with zero attached hydrogens (tertiary/aromatic N) is 2. The van der Waals surface area contributed by atoms with Gasteiger partial charge in [0.05, 0.1) is 5.69 Å². The van der Waals surface area contributed by atoms with Gasteiger partial charge in [0.2, 0.25) is 0 Å². The van der Waals surface area contributed by atoms with Crippen molar-refractivity contribution >= 4 is 29.5 Å². The zero-order valence-electron chi connectivity index (χ0n) is 17.8. The SMILES string of the molecule is CC(C)(C)OC(=O)NCCCCNc1nc(Cl)c(-c2ccccc2)n(CC(=O)O)c1=O. The largest absolute Gasteiger partial charge is 0.480 e. The Hall–Kier alpha value is -3.07. The predicted octanol–water partition coefficient (Wildman–Crippen LogP) is 3.37. The normalized spacial score (nSPS) is 11.1. The second-order valence-electron chi connectivity index (χ2n) is 7.81. The zero-order chi connectivity index (χ0) is 23.0. The lowest BCUT2D eigenvalue weighted by Gasteiger charge is -2.19. The summed E-state index contributed by atoms with van der Waals surface area (Å²) in [7, 11) is 0. The number of ether oxygens (including phenoxy) is 1. The third kappa shape index (κ3) is 7.60. The molecule has 0 spiro atoms. The summed E-state index contributed by atoms with van der Waals surface area (Å²) in [6.07, 6.45) is 0.793. The molecule has 0 radical (unpaired) electrons. The van der Waals surface area contributed by atoms with E-state index >= 15 is 0 Å². The molecule has 1 aromatic heterocycles. The maximum atomic E-state index is 12.8. The maximum Gasteiger partial charge on any atom is 0.407 e. The minimum atomic E-state index is -1.17. The minimum absolute atomic E-state index is 0.0222. The second-order valence-corrected chi connectivity index (χ2v) is 8.17. The van der Waals surface area contributed by atoms with Crippen molar-refractivity contribution in [2.45, 2.75) is 45.8 Å². The summed E-state index contributed by atoms with van der Waals surface area (Å²) >= 11 is 6.31. The molecule has 0 saturated heterocycles. The Kier molecular flexibility index (Phi) is 8.44. The van der Waals surface area contributed by atoms with Crippen LogP contribution in [0, 0.1) is 0 Å². The van der Waals surface area contributed by atoms with Crippen LogP contribution in [0.2, 0.25) is 5.15 Å². The van der Waals surface area contributed by atoms with Crippen molar-refractivity contribution in [2.24, 2.45) is 0 Å². The summed E-state index contributed by atoms with van der Waals surface area (Å²) in [5.74, 6) is -1.19. The number of carboxylic acids is 1. The molecule has 3 N–H and O–H groups in total. The Balaban J connectivity index is 2.02. The highest BCUT2D eigenvalue weighted by molar-refractivity contribution is 6.32. The van der Waals surface area contributed by atoms with Crippen LogP contribution in [0.15, 0.2) is 35.1 Å². The van der Waals surface area contributed by atoms with Gasteiger partial charge >= 0.3 is 12.1 Å². The number of hydrogen-bond acceptors (Lipinski definition) is 6. The number of aliphatic carboxylic acids is 1. The molecule has 2 rings (SSSR count). The summed E-state index contributed by atoms with van der Waals surface area (Å²) in [6, 6.07) is 8.78. The van der Waals surface area contributed by atoms with Gasteiger partial charge in [-0.1, -0.05) is 41.9 Å². The molecule has 0 bridgehead atoms. The lowest BCUT2D eigenvalue weighted by molar-refractivity contribution is -0.137. The zero-order valence-corrected chi connectivity index (χ0v) is 18.5. The molecule has 0 aliphatic heterocycles. The number of carboxylic acid groups (broad SMARTS) is 1. The Morgan fingerprint density at radius 3 is 2.42 bits per heavy atom. The molecule has 31 heavy (non-hydrogen) atoms. The maximum absolute atomic E-state index is 12.8. The molecular weight excluding hydrogens is 424 g/mol. The average molecular weight is 451 g/mol. The highest BCUT2D eigenvalue weighted by Gasteiger charge is 2.19. The van der Waals surface area contributed by atoms with Crippen LogP contribution in [0.1, 0.15) is 33.6 Å². The standard InChI is InChI=1S/C21H27ClN4O5/c1-21(2,3)31-20(30)24-12-8-7-11-23-18-19(29)26(13-15(27)28)16(17(22)25-18)14-9-5-4-6-10-14/h4-6,9-10H,7-8,11-13H2,1-3H3,(H,23,25)(H,24,30)(H,27,28). The molecule has 10 heteroatoms. The van der Waals surface area contributed by atoms with E-state index in [1.165, 1.54) is 0 Å². The van der Waals surface area contributed by atoms with Crippen molar-refractivity contribution in [3.8, 4) is 11.3 Å². The Labute approximate surface area is 185 Å². The number of halogens is 1. The number of benzene rings is 1. The van der Waals surface area contributed by atoms with Crippen LogP contribution >= 0.6 is 11.6 Å². The summed E-state index contributed by atoms with van der Waals surface area (Å²) in [6.45, 7) is 5.63. The lowest BCUT2D eigenvalue weighted by Crippen LogP contribution is -2.33. The molecule has 0 saturated carbocycles. The highest BCUT2D eigenvalue weighted by atomic mass is 35.5. The van der Waals surface area contributed by atoms with Gasteiger partial charge in [0.25, 0.3) is 5.56 Å². The van der Waals surface area contributed by atoms with Gasteiger partial charge in [0.1, 0.15) is 12.1 Å². The molecule has 9 nitrogen and oxygen atoms in total. The van der Waals surface area contributed by atoms with Gasteiger partial charge in [-0.3, -0.25) is 14.2 Å². The number of unbranched alkanes of at least 4 members (excludes halogenated alkanes) is 1. The highest BCUT2D eigenvalue weighted by Crippen LogP contribution is 2.26. The van der Waals surface area contributed by atoms with Crippen molar-refractivity contribution in [3.05, 3.63) is 45.8 Å². The van der Waals surface area contributed by atoms with Crippen molar-refractivity contribution < 1.29 is 19.4 Å². The third-order valence-electron chi connectivity index (χ3n) is 4.03. The molecule has 0 aliphatic carbocycles. The molecule has 168 valence electrons. The van der Waals surface area contributed by atoms with Crippen LogP contribution in [-0.4, -0.2) is 45.4 Å². The number of alkyl carbamates (subject to hydrolysis) is 1. The van der Waals surface area contributed by atoms with E-state index in [0.717, 1.165) is 4.57 Å². The van der Waals surface area contributed by atoms with Crippen LogP contribution in [0.4, 0.5) is 10.6 Å². The van der Waals surface area contributed by atoms with Crippen molar-refractivity contribution in [3.63, 3.8) is 0 Å². The Morgan fingerprint density at radius 1 is 1.16 bits per heavy atom. The summed E-state index contributed by atoms with van der Waals surface area (Å²) in [5.41, 5.74) is -0.282. The monoisotopic (exact) mass is 450 g/mol. The first kappa shape index (κ1) is 24.2. The van der Waals surface area contributed by atoms with E-state index in [4.69, 9.17) is 16.3 Å². The summed E-state index contributed by atoms with van der Waals surface area (Å²) in [4.78, 5) is 39.9. The number of carbonyl (C=O) groups excluding carboxylic acids is 1.